The van der Waals surface area contributed by atoms with Gasteiger partial charge in [0.25, 0.3) is 5.91 Å². The minimum atomic E-state index is -3.03. The van der Waals surface area contributed by atoms with Crippen LogP contribution in [-0.2, 0) is 9.84 Å². The first kappa shape index (κ1) is 15.5. The van der Waals surface area contributed by atoms with Gasteiger partial charge in [0.1, 0.15) is 6.61 Å². The van der Waals surface area contributed by atoms with Crippen LogP contribution in [0.1, 0.15) is 22.8 Å². The number of carbonyl (C=O) groups is 1. The van der Waals surface area contributed by atoms with E-state index in [0.29, 0.717) is 5.56 Å². The summed E-state index contributed by atoms with van der Waals surface area (Å²) in [6.45, 7) is 1.77. The van der Waals surface area contributed by atoms with Gasteiger partial charge in [-0.25, -0.2) is 8.42 Å². The molecule has 1 unspecified atom stereocenters. The number of benzene rings is 1. The molecule has 6 heteroatoms. The molecule has 21 heavy (non-hydrogen) atoms. The van der Waals surface area contributed by atoms with Gasteiger partial charge in [-0.1, -0.05) is 11.8 Å². The van der Waals surface area contributed by atoms with Crippen LogP contribution in [0.25, 0.3) is 0 Å². The van der Waals surface area contributed by atoms with Crippen molar-refractivity contribution in [1.29, 1.82) is 0 Å². The molecule has 1 saturated heterocycles. The number of sulfone groups is 1. The number of rotatable bonds is 1. The smallest absolute Gasteiger partial charge is 0.254 e. The average Bonchev–Trinajstić information content (AvgIpc) is 2.44. The molecule has 1 fully saturated rings. The van der Waals surface area contributed by atoms with Crippen molar-refractivity contribution >= 4 is 15.7 Å². The Morgan fingerprint density at radius 3 is 2.62 bits per heavy atom. The van der Waals surface area contributed by atoms with E-state index in [1.165, 1.54) is 0 Å². The van der Waals surface area contributed by atoms with Gasteiger partial charge in [0, 0.05) is 23.7 Å². The molecule has 0 aliphatic carbocycles. The maximum atomic E-state index is 12.4. The third-order valence-electron chi connectivity index (χ3n) is 3.37. The van der Waals surface area contributed by atoms with Crippen molar-refractivity contribution in [3.63, 3.8) is 0 Å². The summed E-state index contributed by atoms with van der Waals surface area (Å²) in [5.74, 6) is 5.15. The first-order chi connectivity index (χ1) is 9.93. The second-order valence-electron chi connectivity index (χ2n) is 5.00. The summed E-state index contributed by atoms with van der Waals surface area (Å²) in [5, 5.41) is 8.63. The fraction of sp³-hybridized carbons (Fsp3) is 0.400. The van der Waals surface area contributed by atoms with Crippen LogP contribution in [0.5, 0.6) is 0 Å². The van der Waals surface area contributed by atoms with E-state index in [2.05, 4.69) is 11.8 Å². The Hall–Kier alpha value is -1.84. The van der Waals surface area contributed by atoms with Crippen LogP contribution in [0.15, 0.2) is 24.3 Å². The van der Waals surface area contributed by atoms with E-state index in [9.17, 15) is 13.2 Å². The van der Waals surface area contributed by atoms with Crippen LogP contribution in [0.3, 0.4) is 0 Å². The Morgan fingerprint density at radius 2 is 2.05 bits per heavy atom. The van der Waals surface area contributed by atoms with Crippen molar-refractivity contribution in [2.24, 2.45) is 0 Å². The normalized spacial score (nSPS) is 20.5. The lowest BCUT2D eigenvalue weighted by molar-refractivity contribution is 0.0712. The molecule has 1 atom stereocenters. The maximum absolute atomic E-state index is 12.4. The van der Waals surface area contributed by atoms with Gasteiger partial charge in [0.15, 0.2) is 9.84 Å². The second-order valence-corrected chi connectivity index (χ2v) is 7.23. The van der Waals surface area contributed by atoms with Gasteiger partial charge in [0.2, 0.25) is 0 Å². The van der Waals surface area contributed by atoms with Crippen LogP contribution < -0.4 is 0 Å². The van der Waals surface area contributed by atoms with Gasteiger partial charge in [-0.05, 0) is 31.2 Å². The van der Waals surface area contributed by atoms with Gasteiger partial charge < -0.3 is 10.0 Å². The fourth-order valence-corrected chi connectivity index (χ4v) is 3.86. The van der Waals surface area contributed by atoms with E-state index in [4.69, 9.17) is 5.11 Å². The van der Waals surface area contributed by atoms with Gasteiger partial charge >= 0.3 is 0 Å². The number of hydrogen-bond acceptors (Lipinski definition) is 4. The van der Waals surface area contributed by atoms with Crippen molar-refractivity contribution in [1.82, 2.24) is 4.90 Å². The van der Waals surface area contributed by atoms with E-state index >= 15 is 0 Å². The van der Waals surface area contributed by atoms with E-state index < -0.39 is 9.84 Å². The molecular formula is C15H17NO4S. The predicted octanol–water partition coefficient (Wildman–Crippen LogP) is 0.289. The number of carbonyl (C=O) groups excluding carboxylic acids is 1. The van der Waals surface area contributed by atoms with Crippen molar-refractivity contribution in [2.75, 3.05) is 24.7 Å². The molecule has 0 spiro atoms. The highest BCUT2D eigenvalue weighted by atomic mass is 32.2. The van der Waals surface area contributed by atoms with E-state index in [1.807, 2.05) is 0 Å². The standard InChI is InChI=1S/C15H17NO4S/c1-12-11-21(19,20)10-8-16(12)15(18)14-6-4-13(5-7-14)3-2-9-17/h4-7,12,17H,8-11H2,1H3. The van der Waals surface area contributed by atoms with Crippen molar-refractivity contribution in [3.8, 4) is 11.8 Å². The zero-order valence-corrected chi connectivity index (χ0v) is 12.6. The van der Waals surface area contributed by atoms with Crippen LogP contribution in [0.4, 0.5) is 0 Å². The monoisotopic (exact) mass is 307 g/mol. The summed E-state index contributed by atoms with van der Waals surface area (Å²) in [4.78, 5) is 14.0. The van der Waals surface area contributed by atoms with Gasteiger partial charge in [-0.2, -0.15) is 0 Å². The first-order valence-electron chi connectivity index (χ1n) is 6.64. The highest BCUT2D eigenvalue weighted by Gasteiger charge is 2.31. The van der Waals surface area contributed by atoms with Gasteiger partial charge in [0.05, 0.1) is 11.5 Å². The largest absolute Gasteiger partial charge is 0.384 e. The fourth-order valence-electron chi connectivity index (χ4n) is 2.30. The molecule has 0 radical (unpaired) electrons. The van der Waals surface area contributed by atoms with Crippen molar-refractivity contribution in [2.45, 2.75) is 13.0 Å². The molecule has 1 heterocycles. The summed E-state index contributed by atoms with van der Waals surface area (Å²) < 4.78 is 23.1. The number of hydrogen-bond donors (Lipinski definition) is 1. The SMILES string of the molecule is CC1CS(=O)(=O)CCN1C(=O)c1ccc(C#CCO)cc1. The van der Waals surface area contributed by atoms with Crippen LogP contribution in [0.2, 0.25) is 0 Å². The molecule has 1 N–H and O–H groups in total. The molecule has 1 aliphatic heterocycles. The third kappa shape index (κ3) is 3.84. The number of aliphatic hydroxyl groups excluding tert-OH is 1. The lowest BCUT2D eigenvalue weighted by Gasteiger charge is -2.33. The minimum Gasteiger partial charge on any atom is -0.384 e. The van der Waals surface area contributed by atoms with Crippen LogP contribution >= 0.6 is 0 Å². The topological polar surface area (TPSA) is 74.7 Å². The Labute approximate surface area is 124 Å². The van der Waals surface area contributed by atoms with Crippen molar-refractivity contribution in [3.05, 3.63) is 35.4 Å². The van der Waals surface area contributed by atoms with E-state index in [0.717, 1.165) is 5.56 Å². The molecule has 0 bridgehead atoms. The lowest BCUT2D eigenvalue weighted by Crippen LogP contribution is -2.49. The Kier molecular flexibility index (Phi) is 4.66. The number of nitrogens with zero attached hydrogens (tertiary/aromatic N) is 1. The zero-order valence-electron chi connectivity index (χ0n) is 11.7. The molecular weight excluding hydrogens is 290 g/mol. The molecule has 112 valence electrons. The third-order valence-corrected chi connectivity index (χ3v) is 5.17. The summed E-state index contributed by atoms with van der Waals surface area (Å²) >= 11 is 0. The lowest BCUT2D eigenvalue weighted by atomic mass is 10.1. The van der Waals surface area contributed by atoms with E-state index in [1.54, 1.807) is 36.1 Å². The zero-order chi connectivity index (χ0) is 15.5. The number of aliphatic hydroxyl groups is 1. The molecule has 5 nitrogen and oxygen atoms in total. The molecule has 2 rings (SSSR count). The molecule has 0 saturated carbocycles. The van der Waals surface area contributed by atoms with Crippen LogP contribution in [-0.4, -0.2) is 55.0 Å². The minimum absolute atomic E-state index is 0.0127. The Morgan fingerprint density at radius 1 is 1.38 bits per heavy atom. The van der Waals surface area contributed by atoms with E-state index in [-0.39, 0.29) is 36.6 Å². The predicted molar refractivity (Wildman–Crippen MR) is 79.6 cm³/mol. The molecule has 1 aromatic carbocycles. The molecule has 1 aromatic rings. The van der Waals surface area contributed by atoms with Gasteiger partial charge in [-0.15, -0.1) is 0 Å². The molecule has 1 aliphatic rings. The summed E-state index contributed by atoms with van der Waals surface area (Å²) in [5.41, 5.74) is 1.23. The molecule has 1 amide bonds. The molecule has 0 aromatic heterocycles. The van der Waals surface area contributed by atoms with Gasteiger partial charge in [-0.3, -0.25) is 4.79 Å². The second kappa shape index (κ2) is 6.29. The maximum Gasteiger partial charge on any atom is 0.254 e. The van der Waals surface area contributed by atoms with Crippen molar-refractivity contribution < 1.29 is 18.3 Å². The average molecular weight is 307 g/mol. The first-order valence-corrected chi connectivity index (χ1v) is 8.46. The Bertz CT molecular complexity index is 683. The Balaban J connectivity index is 2.13. The highest BCUT2D eigenvalue weighted by molar-refractivity contribution is 7.91. The summed E-state index contributed by atoms with van der Waals surface area (Å²) in [6.07, 6.45) is 0. The highest BCUT2D eigenvalue weighted by Crippen LogP contribution is 2.15. The quantitative estimate of drug-likeness (QED) is 0.757. The summed E-state index contributed by atoms with van der Waals surface area (Å²) in [7, 11) is -3.03. The van der Waals surface area contributed by atoms with Crippen LogP contribution in [0, 0.1) is 11.8 Å². The number of amides is 1. The summed E-state index contributed by atoms with van der Waals surface area (Å²) in [6, 6.07) is 6.44.